The number of fused-ring (bicyclic) bond motifs is 1. The predicted molar refractivity (Wildman–Crippen MR) is 91.4 cm³/mol. The number of rotatable bonds is 2. The third kappa shape index (κ3) is 3.48. The zero-order valence-corrected chi connectivity index (χ0v) is 14.8. The highest BCUT2D eigenvalue weighted by molar-refractivity contribution is 7.15. The number of aromatic nitrogens is 1. The van der Waals surface area contributed by atoms with Gasteiger partial charge in [0.15, 0.2) is 16.8 Å². The number of hydrogen-bond donors (Lipinski definition) is 1. The molecule has 0 saturated heterocycles. The molecular weight excluding hydrogens is 330 g/mol. The van der Waals surface area contributed by atoms with E-state index in [1.807, 2.05) is 0 Å². The molecule has 1 aliphatic carbocycles. The van der Waals surface area contributed by atoms with Crippen molar-refractivity contribution in [2.45, 2.75) is 40.0 Å². The number of amides is 1. The Kier molecular flexibility index (Phi) is 4.42. The Balaban J connectivity index is 1.74. The van der Waals surface area contributed by atoms with Crippen molar-refractivity contribution in [2.75, 3.05) is 5.32 Å². The Bertz CT molecular complexity index is 780. The summed E-state index contributed by atoms with van der Waals surface area (Å²) >= 11 is 1.47. The Hall–Kier alpha value is -1.82. The van der Waals surface area contributed by atoms with Crippen LogP contribution in [0.5, 0.6) is 0 Å². The normalized spacial score (nSPS) is 17.5. The highest BCUT2D eigenvalue weighted by Crippen LogP contribution is 2.40. The van der Waals surface area contributed by atoms with Crippen molar-refractivity contribution in [3.05, 3.63) is 46.0 Å². The van der Waals surface area contributed by atoms with Crippen molar-refractivity contribution < 1.29 is 13.6 Å². The fraction of sp³-hybridized carbons (Fsp3) is 0.444. The number of halogens is 2. The first kappa shape index (κ1) is 17.0. The van der Waals surface area contributed by atoms with Crippen LogP contribution in [0.1, 0.15) is 48.1 Å². The minimum absolute atomic E-state index is 0.0784. The number of nitrogens with one attached hydrogen (secondary N) is 1. The summed E-state index contributed by atoms with van der Waals surface area (Å²) in [5.74, 6) is -1.88. The lowest BCUT2D eigenvalue weighted by molar-refractivity contribution is 0.102. The second-order valence-corrected chi connectivity index (χ2v) is 8.36. The number of hydrogen-bond acceptors (Lipinski definition) is 3. The smallest absolute Gasteiger partial charge is 0.257 e. The summed E-state index contributed by atoms with van der Waals surface area (Å²) in [6.07, 6.45) is 2.98. The van der Waals surface area contributed by atoms with Gasteiger partial charge in [-0.15, -0.1) is 11.3 Å². The second kappa shape index (κ2) is 6.24. The molecule has 1 unspecified atom stereocenters. The highest BCUT2D eigenvalue weighted by Gasteiger charge is 2.30. The predicted octanol–water partition coefficient (Wildman–Crippen LogP) is 4.82. The van der Waals surface area contributed by atoms with Gasteiger partial charge in [-0.3, -0.25) is 10.1 Å². The molecule has 1 aromatic heterocycles. The Morgan fingerprint density at radius 3 is 2.71 bits per heavy atom. The summed E-state index contributed by atoms with van der Waals surface area (Å²) in [5.41, 5.74) is 1.37. The molecule has 1 heterocycles. The van der Waals surface area contributed by atoms with Gasteiger partial charge in [-0.2, -0.15) is 0 Å². The van der Waals surface area contributed by atoms with Gasteiger partial charge in [0.25, 0.3) is 5.91 Å². The van der Waals surface area contributed by atoms with Crippen LogP contribution in [0.15, 0.2) is 18.2 Å². The molecule has 3 rings (SSSR count). The van der Waals surface area contributed by atoms with Gasteiger partial charge in [-0.25, -0.2) is 13.8 Å². The molecule has 1 amide bonds. The summed E-state index contributed by atoms with van der Waals surface area (Å²) in [6, 6.07) is 3.11. The van der Waals surface area contributed by atoms with E-state index < -0.39 is 17.5 Å². The largest absolute Gasteiger partial charge is 0.298 e. The molecule has 0 aliphatic heterocycles. The van der Waals surface area contributed by atoms with Crippen molar-refractivity contribution in [2.24, 2.45) is 11.3 Å². The standard InChI is InChI=1S/C18H20F2N2OS/c1-18(2,3)11-5-7-14-15(9-11)24-17(21-14)22-16(23)10-4-6-12(19)13(20)8-10/h4,6,8,11H,5,7,9H2,1-3H3,(H,21,22,23). The van der Waals surface area contributed by atoms with Crippen molar-refractivity contribution >= 4 is 22.4 Å². The van der Waals surface area contributed by atoms with Crippen molar-refractivity contribution in [3.8, 4) is 0 Å². The van der Waals surface area contributed by atoms with E-state index >= 15 is 0 Å². The van der Waals surface area contributed by atoms with Crippen LogP contribution in [0.4, 0.5) is 13.9 Å². The van der Waals surface area contributed by atoms with Crippen molar-refractivity contribution in [3.63, 3.8) is 0 Å². The Morgan fingerprint density at radius 1 is 1.29 bits per heavy atom. The lowest BCUT2D eigenvalue weighted by Crippen LogP contribution is -2.26. The fourth-order valence-corrected chi connectivity index (χ4v) is 4.06. The average molecular weight is 350 g/mol. The molecule has 0 saturated carbocycles. The number of nitrogens with zero attached hydrogens (tertiary/aromatic N) is 1. The van der Waals surface area contributed by atoms with E-state index in [9.17, 15) is 13.6 Å². The molecule has 0 spiro atoms. The first-order chi connectivity index (χ1) is 11.2. The van der Waals surface area contributed by atoms with Crippen LogP contribution in [0.2, 0.25) is 0 Å². The Labute approximate surface area is 144 Å². The highest BCUT2D eigenvalue weighted by atomic mass is 32.1. The van der Waals surface area contributed by atoms with Gasteiger partial charge in [0.1, 0.15) is 0 Å². The molecule has 0 fully saturated rings. The van der Waals surface area contributed by atoms with Gasteiger partial charge in [0.2, 0.25) is 0 Å². The van der Waals surface area contributed by atoms with Gasteiger partial charge < -0.3 is 0 Å². The molecular formula is C18H20F2N2OS. The number of carbonyl (C=O) groups excluding carboxylic acids is 1. The van der Waals surface area contributed by atoms with Gasteiger partial charge in [0.05, 0.1) is 5.69 Å². The third-order valence-electron chi connectivity index (χ3n) is 4.57. The summed E-state index contributed by atoms with van der Waals surface area (Å²) < 4.78 is 26.2. The van der Waals surface area contributed by atoms with E-state index in [2.05, 4.69) is 31.1 Å². The topological polar surface area (TPSA) is 42.0 Å². The average Bonchev–Trinajstić information content (AvgIpc) is 2.90. The maximum atomic E-state index is 13.3. The third-order valence-corrected chi connectivity index (χ3v) is 5.60. The molecule has 1 aromatic carbocycles. The van der Waals surface area contributed by atoms with E-state index in [1.54, 1.807) is 0 Å². The molecule has 24 heavy (non-hydrogen) atoms. The van der Waals surface area contributed by atoms with Crippen LogP contribution in [0.25, 0.3) is 0 Å². The van der Waals surface area contributed by atoms with Crippen molar-refractivity contribution in [1.82, 2.24) is 4.98 Å². The van der Waals surface area contributed by atoms with E-state index in [4.69, 9.17) is 0 Å². The molecule has 0 radical (unpaired) electrons. The number of thiazole rings is 1. The van der Waals surface area contributed by atoms with Crippen LogP contribution in [-0.4, -0.2) is 10.9 Å². The number of anilines is 1. The van der Waals surface area contributed by atoms with E-state index in [1.165, 1.54) is 22.3 Å². The first-order valence-corrected chi connectivity index (χ1v) is 8.80. The van der Waals surface area contributed by atoms with E-state index in [-0.39, 0.29) is 11.0 Å². The summed E-state index contributed by atoms with van der Waals surface area (Å²) in [6.45, 7) is 6.74. The summed E-state index contributed by atoms with van der Waals surface area (Å²) in [5, 5.41) is 3.21. The van der Waals surface area contributed by atoms with Crippen LogP contribution in [0.3, 0.4) is 0 Å². The van der Waals surface area contributed by atoms with Gasteiger partial charge in [0, 0.05) is 10.4 Å². The van der Waals surface area contributed by atoms with Crippen molar-refractivity contribution in [1.29, 1.82) is 0 Å². The SMILES string of the molecule is CC(C)(C)C1CCc2nc(NC(=O)c3ccc(F)c(F)c3)sc2C1. The quantitative estimate of drug-likeness (QED) is 0.843. The minimum atomic E-state index is -1.03. The van der Waals surface area contributed by atoms with E-state index in [0.717, 1.165) is 37.1 Å². The van der Waals surface area contributed by atoms with Gasteiger partial charge in [-0.1, -0.05) is 20.8 Å². The zero-order valence-electron chi connectivity index (χ0n) is 14.0. The molecule has 0 bridgehead atoms. The fourth-order valence-electron chi connectivity index (χ4n) is 2.97. The molecule has 2 aromatic rings. The van der Waals surface area contributed by atoms with Crippen LogP contribution >= 0.6 is 11.3 Å². The van der Waals surface area contributed by atoms with Crippen LogP contribution < -0.4 is 5.32 Å². The molecule has 6 heteroatoms. The first-order valence-electron chi connectivity index (χ1n) is 7.99. The zero-order chi connectivity index (χ0) is 17.5. The second-order valence-electron chi connectivity index (χ2n) is 7.28. The van der Waals surface area contributed by atoms with Gasteiger partial charge >= 0.3 is 0 Å². The molecule has 128 valence electrons. The van der Waals surface area contributed by atoms with Gasteiger partial charge in [-0.05, 0) is 48.8 Å². The molecule has 1 N–H and O–H groups in total. The maximum absolute atomic E-state index is 13.3. The number of carbonyl (C=O) groups is 1. The summed E-state index contributed by atoms with van der Waals surface area (Å²) in [4.78, 5) is 17.9. The molecule has 1 aliphatic rings. The summed E-state index contributed by atoms with van der Waals surface area (Å²) in [7, 11) is 0. The van der Waals surface area contributed by atoms with Crippen LogP contribution in [-0.2, 0) is 12.8 Å². The van der Waals surface area contributed by atoms with E-state index in [0.29, 0.717) is 11.0 Å². The number of aryl methyl sites for hydroxylation is 1. The lowest BCUT2D eigenvalue weighted by Gasteiger charge is -2.33. The monoisotopic (exact) mass is 350 g/mol. The number of benzene rings is 1. The minimum Gasteiger partial charge on any atom is -0.298 e. The lowest BCUT2D eigenvalue weighted by atomic mass is 9.73. The van der Waals surface area contributed by atoms with Crippen LogP contribution in [0, 0.1) is 23.0 Å². The molecule has 1 atom stereocenters. The Morgan fingerprint density at radius 2 is 2.04 bits per heavy atom. The molecule has 3 nitrogen and oxygen atoms in total. The maximum Gasteiger partial charge on any atom is 0.257 e.